The van der Waals surface area contributed by atoms with Gasteiger partial charge in [0, 0.05) is 26.3 Å². The zero-order chi connectivity index (χ0) is 13.4. The molecule has 0 bridgehead atoms. The van der Waals surface area contributed by atoms with Gasteiger partial charge in [-0.3, -0.25) is 0 Å². The highest BCUT2D eigenvalue weighted by molar-refractivity contribution is 9.10. The first-order valence-electron chi connectivity index (χ1n) is 5.95. The lowest BCUT2D eigenvalue weighted by Gasteiger charge is -2.15. The fourth-order valence-corrected chi connectivity index (χ4v) is 1.72. The minimum atomic E-state index is -0.312. The van der Waals surface area contributed by atoms with Gasteiger partial charge in [0.25, 0.3) is 0 Å². The van der Waals surface area contributed by atoms with Crippen molar-refractivity contribution in [1.82, 2.24) is 5.32 Å². The molecular formula is C13H19BrFNO2. The lowest BCUT2D eigenvalue weighted by molar-refractivity contribution is 0.188. The first kappa shape index (κ1) is 15.4. The largest absolute Gasteiger partial charge is 0.489 e. The second-order valence-electron chi connectivity index (χ2n) is 4.05. The summed E-state index contributed by atoms with van der Waals surface area (Å²) < 4.78 is 24.3. The summed E-state index contributed by atoms with van der Waals surface area (Å²) in [6.07, 6.45) is 0.962. The van der Waals surface area contributed by atoms with Crippen LogP contribution in [0.2, 0.25) is 0 Å². The molecule has 0 heterocycles. The third-order valence-corrected chi connectivity index (χ3v) is 3.01. The normalized spacial score (nSPS) is 12.4. The molecule has 0 radical (unpaired) electrons. The Morgan fingerprint density at radius 2 is 2.22 bits per heavy atom. The minimum absolute atomic E-state index is 0.00637. The highest BCUT2D eigenvalue weighted by Crippen LogP contribution is 2.21. The first-order valence-corrected chi connectivity index (χ1v) is 6.74. The van der Waals surface area contributed by atoms with E-state index >= 15 is 0 Å². The van der Waals surface area contributed by atoms with Crippen molar-refractivity contribution in [3.05, 3.63) is 28.5 Å². The molecule has 0 spiro atoms. The van der Waals surface area contributed by atoms with Gasteiger partial charge in [0.1, 0.15) is 17.7 Å². The molecule has 1 aromatic rings. The van der Waals surface area contributed by atoms with Crippen molar-refractivity contribution >= 4 is 15.9 Å². The van der Waals surface area contributed by atoms with Crippen molar-refractivity contribution in [3.8, 4) is 5.75 Å². The number of hydrogen-bond donors (Lipinski definition) is 1. The Balaban J connectivity index is 2.26. The topological polar surface area (TPSA) is 30.5 Å². The predicted molar refractivity (Wildman–Crippen MR) is 73.6 cm³/mol. The fourth-order valence-electron chi connectivity index (χ4n) is 1.47. The number of ether oxygens (including phenoxy) is 2. The van der Waals surface area contributed by atoms with E-state index in [1.165, 1.54) is 6.07 Å². The summed E-state index contributed by atoms with van der Waals surface area (Å²) in [5, 5.41) is 3.26. The molecule has 0 fully saturated rings. The Morgan fingerprint density at radius 3 is 2.89 bits per heavy atom. The van der Waals surface area contributed by atoms with Gasteiger partial charge in [-0.2, -0.15) is 0 Å². The molecule has 1 aromatic carbocycles. The molecule has 3 nitrogen and oxygen atoms in total. The Hall–Kier alpha value is -0.650. The SMILES string of the molecule is COCCCNCC(C)Oc1ccc(Br)c(F)c1. The highest BCUT2D eigenvalue weighted by atomic mass is 79.9. The second-order valence-corrected chi connectivity index (χ2v) is 4.91. The van der Waals surface area contributed by atoms with E-state index in [0.29, 0.717) is 10.2 Å². The summed E-state index contributed by atoms with van der Waals surface area (Å²) in [4.78, 5) is 0. The van der Waals surface area contributed by atoms with Crippen molar-refractivity contribution < 1.29 is 13.9 Å². The minimum Gasteiger partial charge on any atom is -0.489 e. The second kappa shape index (κ2) is 8.45. The predicted octanol–water partition coefficient (Wildman–Crippen LogP) is 2.98. The molecule has 18 heavy (non-hydrogen) atoms. The van der Waals surface area contributed by atoms with Crippen LogP contribution >= 0.6 is 15.9 Å². The van der Waals surface area contributed by atoms with Gasteiger partial charge in [-0.1, -0.05) is 0 Å². The molecule has 1 rings (SSSR count). The van der Waals surface area contributed by atoms with Crippen LogP contribution in [0.3, 0.4) is 0 Å². The van der Waals surface area contributed by atoms with E-state index in [4.69, 9.17) is 9.47 Å². The summed E-state index contributed by atoms with van der Waals surface area (Å²) in [5.74, 6) is 0.231. The Labute approximate surface area is 116 Å². The van der Waals surface area contributed by atoms with Gasteiger partial charge in [0.05, 0.1) is 4.47 Å². The number of methoxy groups -OCH3 is 1. The molecule has 0 saturated carbocycles. The molecule has 5 heteroatoms. The summed E-state index contributed by atoms with van der Waals surface area (Å²) in [7, 11) is 1.69. The molecule has 0 aliphatic carbocycles. The molecule has 102 valence electrons. The lowest BCUT2D eigenvalue weighted by atomic mass is 10.3. The van der Waals surface area contributed by atoms with Crippen LogP contribution in [0.25, 0.3) is 0 Å². The average Bonchev–Trinajstić information content (AvgIpc) is 2.34. The maximum absolute atomic E-state index is 13.3. The molecule has 0 aromatic heterocycles. The van der Waals surface area contributed by atoms with E-state index < -0.39 is 0 Å². The van der Waals surface area contributed by atoms with E-state index in [9.17, 15) is 4.39 Å². The zero-order valence-electron chi connectivity index (χ0n) is 10.7. The van der Waals surface area contributed by atoms with Crippen molar-refractivity contribution in [2.75, 3.05) is 26.8 Å². The van der Waals surface area contributed by atoms with Gasteiger partial charge in [0.2, 0.25) is 0 Å². The fraction of sp³-hybridized carbons (Fsp3) is 0.538. The molecule has 1 N–H and O–H groups in total. The van der Waals surface area contributed by atoms with Crippen molar-refractivity contribution in [2.24, 2.45) is 0 Å². The zero-order valence-corrected chi connectivity index (χ0v) is 12.3. The first-order chi connectivity index (χ1) is 8.63. The molecule has 0 aliphatic heterocycles. The molecular weight excluding hydrogens is 301 g/mol. The van der Waals surface area contributed by atoms with Gasteiger partial charge < -0.3 is 14.8 Å². The maximum atomic E-state index is 13.3. The van der Waals surface area contributed by atoms with Gasteiger partial charge in [-0.15, -0.1) is 0 Å². The summed E-state index contributed by atoms with van der Waals surface area (Å²) in [5.41, 5.74) is 0. The smallest absolute Gasteiger partial charge is 0.141 e. The van der Waals surface area contributed by atoms with Gasteiger partial charge in [-0.05, 0) is 48.0 Å². The molecule has 1 atom stereocenters. The monoisotopic (exact) mass is 319 g/mol. The van der Waals surface area contributed by atoms with E-state index in [2.05, 4.69) is 21.2 Å². The third kappa shape index (κ3) is 5.80. The van der Waals surface area contributed by atoms with E-state index in [0.717, 1.165) is 26.1 Å². The van der Waals surface area contributed by atoms with Crippen LogP contribution < -0.4 is 10.1 Å². The van der Waals surface area contributed by atoms with Crippen LogP contribution in [-0.2, 0) is 4.74 Å². The van der Waals surface area contributed by atoms with Crippen LogP contribution in [0.15, 0.2) is 22.7 Å². The standard InChI is InChI=1S/C13H19BrFNO2/c1-10(9-16-6-3-7-17-2)18-11-4-5-12(14)13(15)8-11/h4-5,8,10,16H,3,6-7,9H2,1-2H3. The van der Waals surface area contributed by atoms with Crippen molar-refractivity contribution in [3.63, 3.8) is 0 Å². The summed E-state index contributed by atoms with van der Waals surface area (Å²) in [6, 6.07) is 4.77. The van der Waals surface area contributed by atoms with Crippen LogP contribution in [0, 0.1) is 5.82 Å². The summed E-state index contributed by atoms with van der Waals surface area (Å²) in [6.45, 7) is 4.31. The van der Waals surface area contributed by atoms with Gasteiger partial charge in [0.15, 0.2) is 0 Å². The van der Waals surface area contributed by atoms with Gasteiger partial charge >= 0.3 is 0 Å². The highest BCUT2D eigenvalue weighted by Gasteiger charge is 2.06. The third-order valence-electron chi connectivity index (χ3n) is 2.36. The van der Waals surface area contributed by atoms with Crippen LogP contribution in [-0.4, -0.2) is 32.9 Å². The number of halogens is 2. The van der Waals surface area contributed by atoms with Crippen molar-refractivity contribution in [2.45, 2.75) is 19.4 Å². The van der Waals surface area contributed by atoms with E-state index in [1.54, 1.807) is 19.2 Å². The quantitative estimate of drug-likeness (QED) is 0.747. The number of hydrogen-bond acceptors (Lipinski definition) is 3. The number of nitrogens with one attached hydrogen (secondary N) is 1. The number of rotatable bonds is 8. The molecule has 0 saturated heterocycles. The van der Waals surface area contributed by atoms with Crippen LogP contribution in [0.4, 0.5) is 4.39 Å². The lowest BCUT2D eigenvalue weighted by Crippen LogP contribution is -2.30. The van der Waals surface area contributed by atoms with Crippen LogP contribution in [0.1, 0.15) is 13.3 Å². The number of benzene rings is 1. The molecule has 0 amide bonds. The Kier molecular flexibility index (Phi) is 7.23. The molecule has 1 unspecified atom stereocenters. The van der Waals surface area contributed by atoms with Gasteiger partial charge in [-0.25, -0.2) is 4.39 Å². The van der Waals surface area contributed by atoms with E-state index in [1.807, 2.05) is 6.92 Å². The van der Waals surface area contributed by atoms with Crippen molar-refractivity contribution in [1.29, 1.82) is 0 Å². The Morgan fingerprint density at radius 1 is 1.44 bits per heavy atom. The summed E-state index contributed by atoms with van der Waals surface area (Å²) >= 11 is 3.11. The maximum Gasteiger partial charge on any atom is 0.141 e. The average molecular weight is 320 g/mol. The van der Waals surface area contributed by atoms with E-state index in [-0.39, 0.29) is 11.9 Å². The van der Waals surface area contributed by atoms with Crippen LogP contribution in [0.5, 0.6) is 5.75 Å². The Bertz CT molecular complexity index is 363. The molecule has 0 aliphatic rings.